The second-order valence-electron chi connectivity index (χ2n) is 3.10. The summed E-state index contributed by atoms with van der Waals surface area (Å²) in [6.45, 7) is 0. The molecular weight excluding hydrogens is 183 g/mol. The number of carbonyl (C=O) groups excluding carboxylic acids is 1. The van der Waals surface area contributed by atoms with E-state index in [9.17, 15) is 4.79 Å². The minimum absolute atomic E-state index is 0.329. The number of carbonyl (C=O) groups is 1. The van der Waals surface area contributed by atoms with Crippen molar-refractivity contribution in [3.63, 3.8) is 0 Å². The van der Waals surface area contributed by atoms with Crippen molar-refractivity contribution in [2.24, 2.45) is 5.92 Å². The molecule has 1 aliphatic carbocycles. The van der Waals surface area contributed by atoms with Gasteiger partial charge in [-0.25, -0.2) is 0 Å². The number of rotatable bonds is 2. The van der Waals surface area contributed by atoms with E-state index in [1.807, 2.05) is 0 Å². The molecule has 1 fully saturated rings. The zero-order chi connectivity index (χ0) is 8.27. The first-order valence-corrected chi connectivity index (χ1v) is 4.86. The largest absolute Gasteiger partial charge is 0.280 e. The Hall–Kier alpha value is 0.250. The average Bonchev–Trinajstić information content (AvgIpc) is 2.05. The monoisotopic (exact) mass is 194 g/mol. The van der Waals surface area contributed by atoms with Crippen molar-refractivity contribution in [3.05, 3.63) is 0 Å². The molecule has 1 rings (SSSR count). The lowest BCUT2D eigenvalue weighted by molar-refractivity contribution is -0.112. The van der Waals surface area contributed by atoms with Crippen molar-refractivity contribution < 1.29 is 4.79 Å². The molecule has 0 N–H and O–H groups in total. The van der Waals surface area contributed by atoms with Crippen molar-refractivity contribution in [2.45, 2.75) is 37.5 Å². The topological polar surface area (TPSA) is 17.1 Å². The first kappa shape index (κ1) is 9.34. The smallest absolute Gasteiger partial charge is 0.239 e. The average molecular weight is 195 g/mol. The summed E-state index contributed by atoms with van der Waals surface area (Å²) in [4.78, 5) is 10.7. The van der Waals surface area contributed by atoms with Crippen molar-refractivity contribution in [2.75, 3.05) is 0 Å². The number of hydrogen-bond donors (Lipinski definition) is 0. The van der Waals surface area contributed by atoms with Crippen LogP contribution in [0.2, 0.25) is 0 Å². The van der Waals surface area contributed by atoms with E-state index >= 15 is 0 Å². The zero-order valence-electron chi connectivity index (χ0n) is 6.35. The van der Waals surface area contributed by atoms with Crippen molar-refractivity contribution in [3.8, 4) is 0 Å². The molecule has 0 aromatic heterocycles. The molecule has 11 heavy (non-hydrogen) atoms. The van der Waals surface area contributed by atoms with E-state index in [4.69, 9.17) is 23.2 Å². The van der Waals surface area contributed by atoms with Gasteiger partial charge in [-0.3, -0.25) is 4.79 Å². The maximum absolute atomic E-state index is 10.7. The Labute approximate surface area is 77.1 Å². The Bertz CT molecular complexity index is 141. The highest BCUT2D eigenvalue weighted by atomic mass is 35.5. The summed E-state index contributed by atoms with van der Waals surface area (Å²) in [7, 11) is 0. The second kappa shape index (κ2) is 4.32. The van der Waals surface area contributed by atoms with E-state index in [2.05, 4.69) is 0 Å². The van der Waals surface area contributed by atoms with E-state index in [0.29, 0.717) is 5.92 Å². The van der Waals surface area contributed by atoms with Crippen molar-refractivity contribution in [1.29, 1.82) is 0 Å². The van der Waals surface area contributed by atoms with Gasteiger partial charge in [-0.05, 0) is 30.4 Å². The number of alkyl halides is 1. The summed E-state index contributed by atoms with van der Waals surface area (Å²) in [5.41, 5.74) is 0. The first-order valence-electron chi connectivity index (χ1n) is 4.05. The van der Waals surface area contributed by atoms with Crippen LogP contribution in [0.25, 0.3) is 0 Å². The maximum Gasteiger partial charge on any atom is 0.239 e. The van der Waals surface area contributed by atoms with E-state index in [1.54, 1.807) is 0 Å². The van der Waals surface area contributed by atoms with Gasteiger partial charge in [0.25, 0.3) is 0 Å². The standard InChI is InChI=1S/C8H12Cl2O/c9-7(8(10)11)6-4-2-1-3-5-6/h6-7H,1-5H2. The molecule has 64 valence electrons. The minimum Gasteiger partial charge on any atom is -0.280 e. The lowest BCUT2D eigenvalue weighted by Crippen LogP contribution is -2.22. The Balaban J connectivity index is 2.38. The van der Waals surface area contributed by atoms with Crippen molar-refractivity contribution in [1.82, 2.24) is 0 Å². The van der Waals surface area contributed by atoms with Gasteiger partial charge in [0.05, 0.1) is 0 Å². The van der Waals surface area contributed by atoms with Crippen LogP contribution in [0.4, 0.5) is 0 Å². The van der Waals surface area contributed by atoms with Gasteiger partial charge in [0.1, 0.15) is 5.38 Å². The Morgan fingerprint density at radius 3 is 2.27 bits per heavy atom. The van der Waals surface area contributed by atoms with Gasteiger partial charge in [0.2, 0.25) is 5.24 Å². The predicted molar refractivity (Wildman–Crippen MR) is 47.1 cm³/mol. The SMILES string of the molecule is O=C(Cl)C(Cl)C1CCCCC1. The van der Waals surface area contributed by atoms with Gasteiger partial charge in [-0.15, -0.1) is 11.6 Å². The zero-order valence-corrected chi connectivity index (χ0v) is 7.87. The Morgan fingerprint density at radius 1 is 1.27 bits per heavy atom. The van der Waals surface area contributed by atoms with E-state index < -0.39 is 10.6 Å². The Kier molecular flexibility index (Phi) is 3.67. The van der Waals surface area contributed by atoms with Gasteiger partial charge in [0.15, 0.2) is 0 Å². The lowest BCUT2D eigenvalue weighted by Gasteiger charge is -2.23. The third-order valence-corrected chi connectivity index (χ3v) is 3.18. The molecule has 0 heterocycles. The van der Waals surface area contributed by atoms with Crippen LogP contribution in [0.5, 0.6) is 0 Å². The van der Waals surface area contributed by atoms with Crippen LogP contribution in [0.1, 0.15) is 32.1 Å². The van der Waals surface area contributed by atoms with E-state index in [1.165, 1.54) is 19.3 Å². The van der Waals surface area contributed by atoms with Crippen LogP contribution >= 0.6 is 23.2 Å². The summed E-state index contributed by atoms with van der Waals surface area (Å²) in [6, 6.07) is 0. The van der Waals surface area contributed by atoms with Crippen LogP contribution < -0.4 is 0 Å². The van der Waals surface area contributed by atoms with Gasteiger partial charge >= 0.3 is 0 Å². The fourth-order valence-corrected chi connectivity index (χ4v) is 2.04. The fourth-order valence-electron chi connectivity index (χ4n) is 1.61. The highest BCUT2D eigenvalue weighted by molar-refractivity contribution is 6.69. The quantitative estimate of drug-likeness (QED) is 0.489. The molecule has 0 aromatic rings. The number of hydrogen-bond acceptors (Lipinski definition) is 1. The molecule has 0 radical (unpaired) electrons. The summed E-state index contributed by atoms with van der Waals surface area (Å²) in [5, 5.41) is -0.837. The third-order valence-electron chi connectivity index (χ3n) is 2.28. The first-order chi connectivity index (χ1) is 5.22. The van der Waals surface area contributed by atoms with Crippen LogP contribution in [0, 0.1) is 5.92 Å². The molecule has 0 amide bonds. The van der Waals surface area contributed by atoms with E-state index in [-0.39, 0.29) is 0 Å². The summed E-state index contributed by atoms with van der Waals surface area (Å²) < 4.78 is 0. The molecule has 0 bridgehead atoms. The summed E-state index contributed by atoms with van der Waals surface area (Å²) in [5.74, 6) is 0.329. The normalized spacial score (nSPS) is 23.1. The molecular formula is C8H12Cl2O. The second-order valence-corrected chi connectivity index (χ2v) is 3.95. The predicted octanol–water partition coefficient (Wildman–Crippen LogP) is 2.94. The lowest BCUT2D eigenvalue weighted by atomic mass is 9.87. The molecule has 3 heteroatoms. The molecule has 0 aromatic carbocycles. The molecule has 0 aliphatic heterocycles. The molecule has 1 saturated carbocycles. The van der Waals surface area contributed by atoms with Crippen molar-refractivity contribution >= 4 is 28.4 Å². The molecule has 0 saturated heterocycles. The molecule has 0 spiro atoms. The summed E-state index contributed by atoms with van der Waals surface area (Å²) in [6.07, 6.45) is 5.78. The fraction of sp³-hybridized carbons (Fsp3) is 0.875. The highest BCUT2D eigenvalue weighted by Crippen LogP contribution is 2.30. The van der Waals surface area contributed by atoms with Gasteiger partial charge in [-0.1, -0.05) is 19.3 Å². The van der Waals surface area contributed by atoms with E-state index in [0.717, 1.165) is 12.8 Å². The van der Waals surface area contributed by atoms with Gasteiger partial charge in [0, 0.05) is 0 Å². The molecule has 1 atom stereocenters. The third kappa shape index (κ3) is 2.64. The molecule has 1 aliphatic rings. The molecule has 1 unspecified atom stereocenters. The van der Waals surface area contributed by atoms with Crippen LogP contribution in [-0.2, 0) is 4.79 Å². The summed E-state index contributed by atoms with van der Waals surface area (Å²) >= 11 is 11.1. The van der Waals surface area contributed by atoms with Crippen LogP contribution in [-0.4, -0.2) is 10.6 Å². The molecule has 1 nitrogen and oxygen atoms in total. The number of halogens is 2. The van der Waals surface area contributed by atoms with Crippen LogP contribution in [0.3, 0.4) is 0 Å². The highest BCUT2D eigenvalue weighted by Gasteiger charge is 2.25. The van der Waals surface area contributed by atoms with Gasteiger partial charge in [-0.2, -0.15) is 0 Å². The maximum atomic E-state index is 10.7. The van der Waals surface area contributed by atoms with Crippen LogP contribution in [0.15, 0.2) is 0 Å². The minimum atomic E-state index is -0.447. The Morgan fingerprint density at radius 2 is 1.82 bits per heavy atom. The van der Waals surface area contributed by atoms with Gasteiger partial charge < -0.3 is 0 Å².